The summed E-state index contributed by atoms with van der Waals surface area (Å²) >= 11 is 0. The molecule has 0 bridgehead atoms. The number of urea groups is 1. The molecule has 1 heterocycles. The van der Waals surface area contributed by atoms with E-state index < -0.39 is 0 Å². The van der Waals surface area contributed by atoms with Gasteiger partial charge in [0.05, 0.1) is 0 Å². The number of carbonyl (C=O) groups excluding carboxylic acids is 2. The molecule has 1 aromatic rings. The monoisotopic (exact) mass is 386 g/mol. The number of carbonyl (C=O) groups is 2. The van der Waals surface area contributed by atoms with Crippen LogP contribution in [0.3, 0.4) is 0 Å². The van der Waals surface area contributed by atoms with Crippen LogP contribution in [0.1, 0.15) is 62.5 Å². The first kappa shape index (κ1) is 20.6. The van der Waals surface area contributed by atoms with Crippen molar-refractivity contribution in [2.75, 3.05) is 19.6 Å². The van der Waals surface area contributed by atoms with E-state index in [2.05, 4.69) is 45.1 Å². The lowest BCUT2D eigenvalue weighted by molar-refractivity contribution is -0.121. The van der Waals surface area contributed by atoms with Gasteiger partial charge in [-0.25, -0.2) is 4.79 Å². The van der Waals surface area contributed by atoms with Crippen LogP contribution in [0.15, 0.2) is 24.3 Å². The minimum atomic E-state index is -0.159. The molecule has 1 aliphatic heterocycles. The highest BCUT2D eigenvalue weighted by molar-refractivity contribution is 5.78. The van der Waals surface area contributed by atoms with Gasteiger partial charge in [-0.15, -0.1) is 0 Å². The van der Waals surface area contributed by atoms with Crippen molar-refractivity contribution in [3.05, 3.63) is 35.4 Å². The zero-order chi connectivity index (χ0) is 19.6. The molecule has 3 rings (SSSR count). The molecule has 6 nitrogen and oxygen atoms in total. The van der Waals surface area contributed by atoms with Gasteiger partial charge in [-0.1, -0.05) is 43.5 Å². The summed E-state index contributed by atoms with van der Waals surface area (Å²) in [6.45, 7) is 4.30. The van der Waals surface area contributed by atoms with Crippen molar-refractivity contribution < 1.29 is 9.59 Å². The summed E-state index contributed by atoms with van der Waals surface area (Å²) < 4.78 is 0. The highest BCUT2D eigenvalue weighted by atomic mass is 16.2. The van der Waals surface area contributed by atoms with E-state index in [0.717, 1.165) is 24.9 Å². The van der Waals surface area contributed by atoms with Crippen molar-refractivity contribution in [3.63, 3.8) is 0 Å². The molecule has 0 spiro atoms. The van der Waals surface area contributed by atoms with Gasteiger partial charge in [0.15, 0.2) is 0 Å². The lowest BCUT2D eigenvalue weighted by atomic mass is 9.96. The van der Waals surface area contributed by atoms with Crippen molar-refractivity contribution in [1.82, 2.24) is 20.9 Å². The number of likely N-dealkylation sites (tertiary alicyclic amines) is 1. The van der Waals surface area contributed by atoms with E-state index in [1.54, 1.807) is 0 Å². The Morgan fingerprint density at radius 3 is 2.29 bits per heavy atom. The van der Waals surface area contributed by atoms with Gasteiger partial charge in [-0.05, 0) is 49.9 Å². The van der Waals surface area contributed by atoms with Crippen LogP contribution in [0.4, 0.5) is 4.79 Å². The molecule has 0 aromatic heterocycles. The Morgan fingerprint density at radius 1 is 0.893 bits per heavy atom. The van der Waals surface area contributed by atoms with Crippen LogP contribution in [0.2, 0.25) is 0 Å². The summed E-state index contributed by atoms with van der Waals surface area (Å²) in [6.07, 6.45) is 8.67. The second-order valence-corrected chi connectivity index (χ2v) is 8.06. The smallest absolute Gasteiger partial charge is 0.315 e. The minimum Gasteiger partial charge on any atom is -0.352 e. The van der Waals surface area contributed by atoms with Gasteiger partial charge in [0.1, 0.15) is 0 Å². The zero-order valence-electron chi connectivity index (χ0n) is 16.8. The Labute approximate surface area is 168 Å². The summed E-state index contributed by atoms with van der Waals surface area (Å²) in [7, 11) is 0. The van der Waals surface area contributed by atoms with Gasteiger partial charge in [0.25, 0.3) is 0 Å². The predicted molar refractivity (Wildman–Crippen MR) is 111 cm³/mol. The van der Waals surface area contributed by atoms with Crippen LogP contribution in [0.5, 0.6) is 0 Å². The van der Waals surface area contributed by atoms with Gasteiger partial charge < -0.3 is 16.0 Å². The Bertz CT molecular complexity index is 620. The van der Waals surface area contributed by atoms with Crippen LogP contribution in [-0.2, 0) is 17.9 Å². The van der Waals surface area contributed by atoms with Crippen LogP contribution in [0.25, 0.3) is 0 Å². The van der Waals surface area contributed by atoms with E-state index in [9.17, 15) is 9.59 Å². The van der Waals surface area contributed by atoms with Crippen molar-refractivity contribution in [3.8, 4) is 0 Å². The first-order valence-electron chi connectivity index (χ1n) is 10.8. The number of amides is 3. The minimum absolute atomic E-state index is 0.0425. The number of rotatable bonds is 8. The topological polar surface area (TPSA) is 73.5 Å². The molecule has 2 fully saturated rings. The number of nitrogens with one attached hydrogen (secondary N) is 3. The SMILES string of the molecule is O=C(CCNC(=O)NC1CCCCC1)NCc1ccc(CN2CCCC2)cc1. The van der Waals surface area contributed by atoms with Crippen molar-refractivity contribution in [2.45, 2.75) is 70.5 Å². The summed E-state index contributed by atoms with van der Waals surface area (Å²) in [5.41, 5.74) is 2.42. The standard InChI is InChI=1S/C22H34N4O2/c27-21(12-13-23-22(28)25-20-6-2-1-3-7-20)24-16-18-8-10-19(11-9-18)17-26-14-4-5-15-26/h8-11,20H,1-7,12-17H2,(H,24,27)(H2,23,25,28). The molecule has 1 saturated carbocycles. The number of hydrogen-bond donors (Lipinski definition) is 3. The van der Waals surface area contributed by atoms with Gasteiger partial charge in [-0.2, -0.15) is 0 Å². The Morgan fingerprint density at radius 2 is 1.57 bits per heavy atom. The summed E-state index contributed by atoms with van der Waals surface area (Å²) in [4.78, 5) is 26.3. The van der Waals surface area contributed by atoms with E-state index >= 15 is 0 Å². The molecule has 0 atom stereocenters. The summed E-state index contributed by atoms with van der Waals surface area (Å²) in [6, 6.07) is 8.60. The molecule has 28 heavy (non-hydrogen) atoms. The number of benzene rings is 1. The number of hydrogen-bond acceptors (Lipinski definition) is 3. The normalized spacial score (nSPS) is 18.0. The Balaban J connectivity index is 1.27. The summed E-state index contributed by atoms with van der Waals surface area (Å²) in [5.74, 6) is -0.0425. The highest BCUT2D eigenvalue weighted by Crippen LogP contribution is 2.17. The van der Waals surface area contributed by atoms with E-state index in [4.69, 9.17) is 0 Å². The van der Waals surface area contributed by atoms with Gasteiger partial charge in [0, 0.05) is 32.1 Å². The fraction of sp³-hybridized carbons (Fsp3) is 0.636. The van der Waals surface area contributed by atoms with E-state index in [-0.39, 0.29) is 18.0 Å². The zero-order valence-corrected chi connectivity index (χ0v) is 16.8. The fourth-order valence-corrected chi connectivity index (χ4v) is 4.02. The Hall–Kier alpha value is -2.08. The van der Waals surface area contributed by atoms with E-state index in [0.29, 0.717) is 19.5 Å². The molecular formula is C22H34N4O2. The van der Waals surface area contributed by atoms with Gasteiger partial charge >= 0.3 is 6.03 Å². The summed E-state index contributed by atoms with van der Waals surface area (Å²) in [5, 5.41) is 8.71. The molecule has 1 aliphatic carbocycles. The molecular weight excluding hydrogens is 352 g/mol. The molecule has 3 N–H and O–H groups in total. The predicted octanol–water partition coefficient (Wildman–Crippen LogP) is 2.92. The van der Waals surface area contributed by atoms with Crippen molar-refractivity contribution in [1.29, 1.82) is 0 Å². The fourth-order valence-electron chi connectivity index (χ4n) is 4.02. The molecule has 154 valence electrons. The van der Waals surface area contributed by atoms with E-state index in [1.165, 1.54) is 50.8 Å². The quantitative estimate of drug-likeness (QED) is 0.643. The Kier molecular flexibility index (Phi) is 8.15. The second kappa shape index (κ2) is 11.1. The third-order valence-corrected chi connectivity index (χ3v) is 5.70. The lowest BCUT2D eigenvalue weighted by Crippen LogP contribution is -2.43. The van der Waals surface area contributed by atoms with Gasteiger partial charge in [-0.3, -0.25) is 9.69 Å². The highest BCUT2D eigenvalue weighted by Gasteiger charge is 2.15. The molecule has 0 radical (unpaired) electrons. The average molecular weight is 387 g/mol. The third-order valence-electron chi connectivity index (χ3n) is 5.70. The van der Waals surface area contributed by atoms with Crippen LogP contribution in [0, 0.1) is 0 Å². The van der Waals surface area contributed by atoms with Crippen LogP contribution < -0.4 is 16.0 Å². The van der Waals surface area contributed by atoms with Crippen LogP contribution in [-0.4, -0.2) is 42.5 Å². The molecule has 1 aromatic carbocycles. The van der Waals surface area contributed by atoms with Gasteiger partial charge in [0.2, 0.25) is 5.91 Å². The average Bonchev–Trinajstić information content (AvgIpc) is 3.21. The third kappa shape index (κ3) is 7.15. The first-order valence-corrected chi connectivity index (χ1v) is 10.8. The molecule has 2 aliphatic rings. The molecule has 6 heteroatoms. The van der Waals surface area contributed by atoms with Crippen LogP contribution >= 0.6 is 0 Å². The van der Waals surface area contributed by atoms with E-state index in [1.807, 2.05) is 0 Å². The first-order chi connectivity index (χ1) is 13.7. The lowest BCUT2D eigenvalue weighted by Gasteiger charge is -2.22. The second-order valence-electron chi connectivity index (χ2n) is 8.06. The maximum Gasteiger partial charge on any atom is 0.315 e. The largest absolute Gasteiger partial charge is 0.352 e. The maximum atomic E-state index is 12.0. The molecule has 0 unspecified atom stereocenters. The maximum absolute atomic E-state index is 12.0. The van der Waals surface area contributed by atoms with Crippen molar-refractivity contribution >= 4 is 11.9 Å². The molecule has 3 amide bonds. The molecule has 1 saturated heterocycles. The number of nitrogens with zero attached hydrogens (tertiary/aromatic N) is 1. The van der Waals surface area contributed by atoms with Crippen molar-refractivity contribution in [2.24, 2.45) is 0 Å².